The molecule has 3 rings (SSSR count). The minimum Gasteiger partial charge on any atom is -0.384 e. The van der Waals surface area contributed by atoms with Gasteiger partial charge in [0.1, 0.15) is 0 Å². The summed E-state index contributed by atoms with van der Waals surface area (Å²) >= 11 is 0. The molecule has 1 fully saturated rings. The average molecular weight is 326 g/mol. The Morgan fingerprint density at radius 1 is 1.17 bits per heavy atom. The molecular formula is C20H26N2O2. The van der Waals surface area contributed by atoms with Crippen LogP contribution >= 0.6 is 0 Å². The van der Waals surface area contributed by atoms with Gasteiger partial charge >= 0.3 is 0 Å². The van der Waals surface area contributed by atoms with E-state index in [-0.39, 0.29) is 11.3 Å². The largest absolute Gasteiger partial charge is 0.384 e. The Balaban J connectivity index is 1.76. The van der Waals surface area contributed by atoms with Crippen LogP contribution in [-0.2, 0) is 16.1 Å². The summed E-state index contributed by atoms with van der Waals surface area (Å²) in [6.45, 7) is 2.87. The fraction of sp³-hybridized carbons (Fsp3) is 0.450. The Kier molecular flexibility index (Phi) is 5.17. The number of hydrogen-bond acceptors (Lipinski definition) is 3. The summed E-state index contributed by atoms with van der Waals surface area (Å²) in [7, 11) is 3.58. The maximum Gasteiger partial charge on any atom is 0.231 e. The second-order valence-corrected chi connectivity index (χ2v) is 6.81. The molecule has 4 heteroatoms. The highest BCUT2D eigenvalue weighted by molar-refractivity contribution is 5.84. The van der Waals surface area contributed by atoms with Crippen LogP contribution < -0.4 is 5.32 Å². The van der Waals surface area contributed by atoms with E-state index in [1.54, 1.807) is 7.11 Å². The van der Waals surface area contributed by atoms with E-state index in [9.17, 15) is 4.79 Å². The van der Waals surface area contributed by atoms with Crippen LogP contribution in [0.5, 0.6) is 0 Å². The predicted molar refractivity (Wildman–Crippen MR) is 96.8 cm³/mol. The number of carbonyl (C=O) groups excluding carboxylic acids is 1. The number of ether oxygens (including phenoxy) is 1. The second kappa shape index (κ2) is 7.32. The Bertz CT molecular complexity index is 702. The van der Waals surface area contributed by atoms with E-state index in [0.717, 1.165) is 31.5 Å². The van der Waals surface area contributed by atoms with E-state index in [2.05, 4.69) is 35.6 Å². The summed E-state index contributed by atoms with van der Waals surface area (Å²) in [6.07, 6.45) is 1.67. The van der Waals surface area contributed by atoms with Gasteiger partial charge in [0.25, 0.3) is 0 Å². The number of amides is 1. The quantitative estimate of drug-likeness (QED) is 0.919. The Morgan fingerprint density at radius 2 is 1.88 bits per heavy atom. The smallest absolute Gasteiger partial charge is 0.231 e. The van der Waals surface area contributed by atoms with Crippen molar-refractivity contribution in [1.82, 2.24) is 10.2 Å². The topological polar surface area (TPSA) is 41.6 Å². The van der Waals surface area contributed by atoms with Gasteiger partial charge in [-0.1, -0.05) is 36.4 Å². The SMILES string of the molecule is COCC1(C(=O)N(C)Cc2ccc3ccccc3c2)CCNCC1. The van der Waals surface area contributed by atoms with E-state index >= 15 is 0 Å². The summed E-state index contributed by atoms with van der Waals surface area (Å²) in [6, 6.07) is 14.7. The highest BCUT2D eigenvalue weighted by Crippen LogP contribution is 2.32. The summed E-state index contributed by atoms with van der Waals surface area (Å²) in [4.78, 5) is 15.0. The van der Waals surface area contributed by atoms with Crippen LogP contribution in [0, 0.1) is 5.41 Å². The van der Waals surface area contributed by atoms with Crippen molar-refractivity contribution in [3.05, 3.63) is 48.0 Å². The third-order valence-corrected chi connectivity index (χ3v) is 5.02. The molecule has 1 heterocycles. The van der Waals surface area contributed by atoms with Gasteiger partial charge in [0, 0.05) is 20.7 Å². The van der Waals surface area contributed by atoms with Crippen LogP contribution in [0.4, 0.5) is 0 Å². The molecule has 0 unspecified atom stereocenters. The fourth-order valence-corrected chi connectivity index (χ4v) is 3.69. The summed E-state index contributed by atoms with van der Waals surface area (Å²) < 4.78 is 5.39. The highest BCUT2D eigenvalue weighted by atomic mass is 16.5. The number of hydrogen-bond donors (Lipinski definition) is 1. The van der Waals surface area contributed by atoms with Crippen molar-refractivity contribution in [3.63, 3.8) is 0 Å². The molecule has 24 heavy (non-hydrogen) atoms. The van der Waals surface area contributed by atoms with E-state index in [4.69, 9.17) is 4.74 Å². The molecule has 0 aliphatic carbocycles. The lowest BCUT2D eigenvalue weighted by atomic mass is 9.78. The molecule has 0 spiro atoms. The van der Waals surface area contributed by atoms with Crippen molar-refractivity contribution in [2.24, 2.45) is 5.41 Å². The van der Waals surface area contributed by atoms with Gasteiger partial charge < -0.3 is 15.0 Å². The van der Waals surface area contributed by atoms with Crippen LogP contribution in [0.2, 0.25) is 0 Å². The second-order valence-electron chi connectivity index (χ2n) is 6.81. The molecule has 2 aromatic rings. The van der Waals surface area contributed by atoms with Gasteiger partial charge in [0.05, 0.1) is 12.0 Å². The molecule has 1 saturated heterocycles. The zero-order valence-electron chi connectivity index (χ0n) is 14.5. The van der Waals surface area contributed by atoms with Gasteiger partial charge in [-0.2, -0.15) is 0 Å². The summed E-state index contributed by atoms with van der Waals surface area (Å²) in [5.74, 6) is 0.194. The van der Waals surface area contributed by atoms with E-state index in [1.165, 1.54) is 10.8 Å². The first kappa shape index (κ1) is 16.9. The summed E-state index contributed by atoms with van der Waals surface area (Å²) in [5, 5.41) is 5.77. The van der Waals surface area contributed by atoms with Gasteiger partial charge in [-0.05, 0) is 48.3 Å². The number of methoxy groups -OCH3 is 1. The van der Waals surface area contributed by atoms with E-state index in [0.29, 0.717) is 13.2 Å². The lowest BCUT2D eigenvalue weighted by Gasteiger charge is -2.38. The molecule has 1 aliphatic rings. The number of carbonyl (C=O) groups is 1. The van der Waals surface area contributed by atoms with Gasteiger partial charge in [-0.25, -0.2) is 0 Å². The first-order valence-electron chi connectivity index (χ1n) is 8.57. The van der Waals surface area contributed by atoms with Gasteiger partial charge in [0.15, 0.2) is 0 Å². The van der Waals surface area contributed by atoms with Crippen LogP contribution in [-0.4, -0.2) is 44.7 Å². The minimum absolute atomic E-state index is 0.194. The van der Waals surface area contributed by atoms with Gasteiger partial charge in [-0.15, -0.1) is 0 Å². The van der Waals surface area contributed by atoms with Crippen molar-refractivity contribution in [3.8, 4) is 0 Å². The summed E-state index contributed by atoms with van der Waals surface area (Å²) in [5.41, 5.74) is 0.775. The molecule has 0 atom stereocenters. The molecule has 1 aliphatic heterocycles. The normalized spacial score (nSPS) is 16.9. The number of nitrogens with one attached hydrogen (secondary N) is 1. The molecule has 2 aromatic carbocycles. The van der Waals surface area contributed by atoms with Crippen LogP contribution in [0.15, 0.2) is 42.5 Å². The molecule has 128 valence electrons. The maximum atomic E-state index is 13.1. The predicted octanol–water partition coefficient (Wildman–Crippen LogP) is 2.81. The standard InChI is InChI=1S/C20H26N2O2/c1-22(19(23)20(15-24-2)9-11-21-12-10-20)14-16-7-8-17-5-3-4-6-18(17)13-16/h3-8,13,21H,9-12,14-15H2,1-2H3. The Labute approximate surface area is 143 Å². The molecule has 0 aromatic heterocycles. The van der Waals surface area contributed by atoms with Crippen molar-refractivity contribution in [1.29, 1.82) is 0 Å². The zero-order chi connectivity index (χ0) is 17.0. The Morgan fingerprint density at radius 3 is 2.58 bits per heavy atom. The first-order valence-corrected chi connectivity index (χ1v) is 8.57. The monoisotopic (exact) mass is 326 g/mol. The van der Waals surface area contributed by atoms with Crippen LogP contribution in [0.3, 0.4) is 0 Å². The van der Waals surface area contributed by atoms with Crippen molar-refractivity contribution in [2.75, 3.05) is 33.9 Å². The molecule has 4 nitrogen and oxygen atoms in total. The fourth-order valence-electron chi connectivity index (χ4n) is 3.69. The zero-order valence-corrected chi connectivity index (χ0v) is 14.5. The highest BCUT2D eigenvalue weighted by Gasteiger charge is 2.41. The average Bonchev–Trinajstić information content (AvgIpc) is 2.62. The number of rotatable bonds is 5. The molecular weight excluding hydrogens is 300 g/mol. The van der Waals surface area contributed by atoms with Crippen LogP contribution in [0.1, 0.15) is 18.4 Å². The lowest BCUT2D eigenvalue weighted by Crippen LogP contribution is -2.50. The molecule has 1 amide bonds. The van der Waals surface area contributed by atoms with Gasteiger partial charge in [0.2, 0.25) is 5.91 Å². The van der Waals surface area contributed by atoms with Crippen molar-refractivity contribution in [2.45, 2.75) is 19.4 Å². The third-order valence-electron chi connectivity index (χ3n) is 5.02. The maximum absolute atomic E-state index is 13.1. The van der Waals surface area contributed by atoms with Crippen molar-refractivity contribution < 1.29 is 9.53 Å². The van der Waals surface area contributed by atoms with E-state index < -0.39 is 0 Å². The number of piperidine rings is 1. The molecule has 1 N–H and O–H groups in total. The number of benzene rings is 2. The first-order chi connectivity index (χ1) is 11.6. The Hall–Kier alpha value is -1.91. The number of fused-ring (bicyclic) bond motifs is 1. The third kappa shape index (κ3) is 3.45. The van der Waals surface area contributed by atoms with Crippen molar-refractivity contribution >= 4 is 16.7 Å². The molecule has 0 saturated carbocycles. The minimum atomic E-state index is -0.383. The lowest BCUT2D eigenvalue weighted by molar-refractivity contribution is -0.146. The number of nitrogens with zero attached hydrogens (tertiary/aromatic N) is 1. The van der Waals surface area contributed by atoms with Crippen LogP contribution in [0.25, 0.3) is 10.8 Å². The molecule has 0 radical (unpaired) electrons. The van der Waals surface area contributed by atoms with E-state index in [1.807, 2.05) is 24.1 Å². The molecule has 0 bridgehead atoms. The van der Waals surface area contributed by atoms with Gasteiger partial charge in [-0.3, -0.25) is 4.79 Å².